The second-order valence-electron chi connectivity index (χ2n) is 3.42. The number of anilines is 1. The molecular weight excluding hydrogens is 246 g/mol. The average Bonchev–Trinajstić information content (AvgIpc) is 2.33. The number of aromatic nitrogens is 1. The first kappa shape index (κ1) is 13.7. The van der Waals surface area contributed by atoms with Gasteiger partial charge in [0.2, 0.25) is 0 Å². The number of aromatic hydroxyl groups is 1. The molecule has 17 heavy (non-hydrogen) atoms. The lowest BCUT2D eigenvalue weighted by Crippen LogP contribution is -2.45. The number of pyridine rings is 1. The van der Waals surface area contributed by atoms with Crippen molar-refractivity contribution < 1.29 is 14.6 Å². The van der Waals surface area contributed by atoms with Crippen molar-refractivity contribution in [2.45, 2.75) is 6.10 Å². The maximum atomic E-state index is 11.7. The third-order valence-corrected chi connectivity index (χ3v) is 2.25. The minimum absolute atomic E-state index is 0. The number of hydrogen-bond donors (Lipinski definition) is 3. The molecule has 0 saturated carbocycles. The van der Waals surface area contributed by atoms with Crippen molar-refractivity contribution in [1.29, 1.82) is 0 Å². The molecule has 94 valence electrons. The summed E-state index contributed by atoms with van der Waals surface area (Å²) in [6.07, 6.45) is 0.963. The lowest BCUT2D eigenvalue weighted by atomic mass is 10.3. The van der Waals surface area contributed by atoms with Crippen molar-refractivity contribution in [3.05, 3.63) is 18.3 Å². The number of rotatable bonds is 2. The van der Waals surface area contributed by atoms with E-state index in [-0.39, 0.29) is 29.9 Å². The molecule has 1 saturated heterocycles. The van der Waals surface area contributed by atoms with Gasteiger partial charge in [-0.15, -0.1) is 12.4 Å². The number of ether oxygens (including phenoxy) is 1. The number of hydrogen-bond acceptors (Lipinski definition) is 5. The monoisotopic (exact) mass is 259 g/mol. The highest BCUT2D eigenvalue weighted by Gasteiger charge is 2.22. The molecule has 1 aromatic rings. The predicted octanol–water partition coefficient (Wildman–Crippen LogP) is 0.136. The zero-order valence-electron chi connectivity index (χ0n) is 9.05. The minimum Gasteiger partial charge on any atom is -0.504 e. The van der Waals surface area contributed by atoms with Gasteiger partial charge in [-0.25, -0.2) is 4.98 Å². The van der Waals surface area contributed by atoms with Crippen LogP contribution in [0.25, 0.3) is 0 Å². The fraction of sp³-hybridized carbons (Fsp3) is 0.400. The van der Waals surface area contributed by atoms with Crippen LogP contribution in [0.4, 0.5) is 5.82 Å². The molecule has 1 unspecified atom stereocenters. The summed E-state index contributed by atoms with van der Waals surface area (Å²) in [6, 6.07) is 3.05. The van der Waals surface area contributed by atoms with Crippen LogP contribution in [0.3, 0.4) is 0 Å². The Morgan fingerprint density at radius 3 is 3.12 bits per heavy atom. The molecule has 7 heteroatoms. The van der Waals surface area contributed by atoms with Gasteiger partial charge in [0, 0.05) is 19.3 Å². The highest BCUT2D eigenvalue weighted by Crippen LogP contribution is 2.18. The van der Waals surface area contributed by atoms with E-state index in [2.05, 4.69) is 15.6 Å². The Hall–Kier alpha value is -1.37. The number of amides is 1. The van der Waals surface area contributed by atoms with Crippen LogP contribution in [-0.2, 0) is 9.53 Å². The first-order valence-electron chi connectivity index (χ1n) is 5.04. The van der Waals surface area contributed by atoms with Gasteiger partial charge in [-0.2, -0.15) is 0 Å². The summed E-state index contributed by atoms with van der Waals surface area (Å²) in [5, 5.41) is 15.0. The number of morpholine rings is 1. The maximum Gasteiger partial charge on any atom is 0.256 e. The summed E-state index contributed by atoms with van der Waals surface area (Å²) in [7, 11) is 0. The van der Waals surface area contributed by atoms with Gasteiger partial charge in [-0.1, -0.05) is 0 Å². The molecule has 0 aliphatic carbocycles. The molecule has 6 nitrogen and oxygen atoms in total. The van der Waals surface area contributed by atoms with Crippen molar-refractivity contribution in [1.82, 2.24) is 10.3 Å². The van der Waals surface area contributed by atoms with E-state index in [9.17, 15) is 9.90 Å². The molecule has 0 spiro atoms. The number of nitrogens with one attached hydrogen (secondary N) is 2. The fourth-order valence-corrected chi connectivity index (χ4v) is 1.42. The highest BCUT2D eigenvalue weighted by molar-refractivity contribution is 5.94. The number of halogens is 1. The van der Waals surface area contributed by atoms with Crippen LogP contribution in [0, 0.1) is 0 Å². The quantitative estimate of drug-likeness (QED) is 0.704. The number of carbonyl (C=O) groups is 1. The van der Waals surface area contributed by atoms with Gasteiger partial charge in [-0.3, -0.25) is 4.79 Å². The number of carbonyl (C=O) groups excluding carboxylic acids is 1. The van der Waals surface area contributed by atoms with Crippen molar-refractivity contribution in [3.63, 3.8) is 0 Å². The van der Waals surface area contributed by atoms with Gasteiger partial charge in [0.15, 0.2) is 11.6 Å². The molecule has 2 rings (SSSR count). The molecule has 2 heterocycles. The van der Waals surface area contributed by atoms with E-state index in [4.69, 9.17) is 4.74 Å². The third kappa shape index (κ3) is 3.55. The Bertz CT molecular complexity index is 383. The van der Waals surface area contributed by atoms with Crippen LogP contribution >= 0.6 is 12.4 Å². The van der Waals surface area contributed by atoms with Gasteiger partial charge >= 0.3 is 0 Å². The predicted molar refractivity (Wildman–Crippen MR) is 64.4 cm³/mol. The van der Waals surface area contributed by atoms with Crippen LogP contribution in [-0.4, -0.2) is 41.8 Å². The molecule has 1 atom stereocenters. The summed E-state index contributed by atoms with van der Waals surface area (Å²) in [5.74, 6) is -0.206. The third-order valence-electron chi connectivity index (χ3n) is 2.25. The molecule has 1 aromatic heterocycles. The average molecular weight is 260 g/mol. The summed E-state index contributed by atoms with van der Waals surface area (Å²) < 4.78 is 5.27. The van der Waals surface area contributed by atoms with Crippen molar-refractivity contribution >= 4 is 24.1 Å². The zero-order valence-corrected chi connectivity index (χ0v) is 9.87. The van der Waals surface area contributed by atoms with Crippen LogP contribution in [0.1, 0.15) is 0 Å². The van der Waals surface area contributed by atoms with Gasteiger partial charge in [0.1, 0.15) is 6.10 Å². The van der Waals surface area contributed by atoms with Crippen molar-refractivity contribution in [3.8, 4) is 5.75 Å². The van der Waals surface area contributed by atoms with Crippen LogP contribution in [0.2, 0.25) is 0 Å². The van der Waals surface area contributed by atoms with Gasteiger partial charge in [0.25, 0.3) is 5.91 Å². The fourth-order valence-electron chi connectivity index (χ4n) is 1.42. The summed E-state index contributed by atoms with van der Waals surface area (Å²) >= 11 is 0. The summed E-state index contributed by atoms with van der Waals surface area (Å²) in [6.45, 7) is 1.73. The van der Waals surface area contributed by atoms with E-state index in [0.717, 1.165) is 6.54 Å². The lowest BCUT2D eigenvalue weighted by molar-refractivity contribution is -0.128. The molecule has 3 N–H and O–H groups in total. The topological polar surface area (TPSA) is 83.5 Å². The standard InChI is InChI=1S/C10H13N3O3.ClH/c14-7-2-1-3-12-9(7)13-10(15)8-6-11-4-5-16-8;/h1-3,8,11,14H,4-6H2,(H,12,13,15);1H. The molecule has 1 aliphatic rings. The molecule has 1 fully saturated rings. The normalized spacial score (nSPS) is 19.2. The van der Waals surface area contributed by atoms with Crippen molar-refractivity contribution in [2.75, 3.05) is 25.0 Å². The Kier molecular flexibility index (Phi) is 5.14. The Balaban J connectivity index is 0.00000144. The lowest BCUT2D eigenvalue weighted by Gasteiger charge is -2.22. The van der Waals surface area contributed by atoms with Crippen molar-refractivity contribution in [2.24, 2.45) is 0 Å². The molecular formula is C10H14ClN3O3. The van der Waals surface area contributed by atoms with E-state index in [1.165, 1.54) is 12.3 Å². The minimum atomic E-state index is -0.532. The Labute approximate surface area is 105 Å². The van der Waals surface area contributed by atoms with E-state index >= 15 is 0 Å². The van der Waals surface area contributed by atoms with E-state index < -0.39 is 6.10 Å². The molecule has 0 radical (unpaired) electrons. The van der Waals surface area contributed by atoms with E-state index in [1.54, 1.807) is 6.07 Å². The van der Waals surface area contributed by atoms with Gasteiger partial charge in [0.05, 0.1) is 6.61 Å². The van der Waals surface area contributed by atoms with Crippen LogP contribution < -0.4 is 10.6 Å². The molecule has 0 bridgehead atoms. The summed E-state index contributed by atoms with van der Waals surface area (Å²) in [5.41, 5.74) is 0. The molecule has 1 amide bonds. The molecule has 0 aromatic carbocycles. The second-order valence-corrected chi connectivity index (χ2v) is 3.42. The smallest absolute Gasteiger partial charge is 0.256 e. The maximum absolute atomic E-state index is 11.7. The zero-order chi connectivity index (χ0) is 11.4. The summed E-state index contributed by atoms with van der Waals surface area (Å²) in [4.78, 5) is 15.5. The Morgan fingerprint density at radius 1 is 1.65 bits per heavy atom. The van der Waals surface area contributed by atoms with Gasteiger partial charge in [-0.05, 0) is 12.1 Å². The first-order valence-corrected chi connectivity index (χ1v) is 5.04. The highest BCUT2D eigenvalue weighted by atomic mass is 35.5. The SMILES string of the molecule is Cl.O=C(Nc1ncccc1O)C1CNCCO1. The van der Waals surface area contributed by atoms with E-state index in [0.29, 0.717) is 13.2 Å². The van der Waals surface area contributed by atoms with Crippen LogP contribution in [0.5, 0.6) is 5.75 Å². The van der Waals surface area contributed by atoms with Gasteiger partial charge < -0.3 is 20.5 Å². The Morgan fingerprint density at radius 2 is 2.47 bits per heavy atom. The molecule has 1 aliphatic heterocycles. The largest absolute Gasteiger partial charge is 0.504 e. The van der Waals surface area contributed by atoms with E-state index in [1.807, 2.05) is 0 Å². The van der Waals surface area contributed by atoms with Crippen LogP contribution in [0.15, 0.2) is 18.3 Å². The second kappa shape index (κ2) is 6.39. The number of nitrogens with zero attached hydrogens (tertiary/aromatic N) is 1. The first-order chi connectivity index (χ1) is 7.77.